The van der Waals surface area contributed by atoms with E-state index < -0.39 is 29.6 Å². The monoisotopic (exact) mass is 491 g/mol. The molecule has 2 aromatic carbocycles. The molecule has 1 heterocycles. The van der Waals surface area contributed by atoms with E-state index in [4.69, 9.17) is 23.2 Å². The summed E-state index contributed by atoms with van der Waals surface area (Å²) in [5.74, 6) is -1.58. The molecular formula is C26H31Cl2NO4. The van der Waals surface area contributed by atoms with Crippen LogP contribution in [-0.2, 0) is 9.59 Å². The van der Waals surface area contributed by atoms with Gasteiger partial charge in [0.2, 0.25) is 5.91 Å². The molecule has 2 aromatic rings. The van der Waals surface area contributed by atoms with Gasteiger partial charge >= 0.3 is 5.97 Å². The van der Waals surface area contributed by atoms with Crippen LogP contribution in [0.5, 0.6) is 0 Å². The molecule has 7 heteroatoms. The SMILES string of the molecule is CC(C)C(C(C)O)N1C(=O)C(C)(CC(=O)O)CC(c2cccc(Cl)c2)C1c1ccc(Cl)cc1. The summed E-state index contributed by atoms with van der Waals surface area (Å²) in [6.45, 7) is 7.31. The number of carboxylic acids is 1. The van der Waals surface area contributed by atoms with Crippen LogP contribution < -0.4 is 0 Å². The van der Waals surface area contributed by atoms with Gasteiger partial charge in [-0.1, -0.05) is 68.2 Å². The minimum Gasteiger partial charge on any atom is -0.481 e. The topological polar surface area (TPSA) is 77.8 Å². The van der Waals surface area contributed by atoms with Crippen molar-refractivity contribution >= 4 is 35.1 Å². The van der Waals surface area contributed by atoms with Crippen LogP contribution in [0.15, 0.2) is 48.5 Å². The first-order valence-corrected chi connectivity index (χ1v) is 11.9. The van der Waals surface area contributed by atoms with Crippen molar-refractivity contribution in [2.45, 2.75) is 64.6 Å². The highest BCUT2D eigenvalue weighted by Gasteiger charge is 2.53. The van der Waals surface area contributed by atoms with Crippen LogP contribution in [0.25, 0.3) is 0 Å². The largest absolute Gasteiger partial charge is 0.481 e. The van der Waals surface area contributed by atoms with E-state index in [1.165, 1.54) is 0 Å². The van der Waals surface area contributed by atoms with Gasteiger partial charge in [-0.25, -0.2) is 0 Å². The molecule has 0 aliphatic carbocycles. The maximum Gasteiger partial charge on any atom is 0.304 e. The number of rotatable bonds is 7. The number of piperidine rings is 1. The maximum absolute atomic E-state index is 14.0. The summed E-state index contributed by atoms with van der Waals surface area (Å²) in [6.07, 6.45) is -0.763. The van der Waals surface area contributed by atoms with Gasteiger partial charge in [0, 0.05) is 16.0 Å². The fourth-order valence-corrected chi connectivity index (χ4v) is 5.64. The minimum absolute atomic E-state index is 0.0593. The fraction of sp³-hybridized carbons (Fsp3) is 0.462. The second kappa shape index (κ2) is 10.0. The third-order valence-corrected chi connectivity index (χ3v) is 7.12. The summed E-state index contributed by atoms with van der Waals surface area (Å²) in [4.78, 5) is 27.6. The number of carboxylic acid groups (broad SMARTS) is 1. The lowest BCUT2D eigenvalue weighted by molar-refractivity contribution is -0.165. The predicted octanol–water partition coefficient (Wildman–Crippen LogP) is 5.94. The first-order chi connectivity index (χ1) is 15.4. The number of nitrogens with zero attached hydrogens (tertiary/aromatic N) is 1. The average Bonchev–Trinajstić information content (AvgIpc) is 2.71. The molecule has 178 valence electrons. The summed E-state index contributed by atoms with van der Waals surface area (Å²) >= 11 is 12.5. The molecule has 0 bridgehead atoms. The van der Waals surface area contributed by atoms with E-state index in [-0.39, 0.29) is 24.2 Å². The quantitative estimate of drug-likeness (QED) is 0.502. The first-order valence-electron chi connectivity index (χ1n) is 11.2. The Hall–Kier alpha value is -2.08. The molecule has 1 amide bonds. The zero-order valence-electron chi connectivity index (χ0n) is 19.3. The third kappa shape index (κ3) is 5.37. The zero-order valence-corrected chi connectivity index (χ0v) is 20.8. The lowest BCUT2D eigenvalue weighted by Gasteiger charge is -2.53. The molecule has 0 saturated carbocycles. The van der Waals surface area contributed by atoms with Gasteiger partial charge < -0.3 is 15.1 Å². The van der Waals surface area contributed by atoms with Gasteiger partial charge in [-0.2, -0.15) is 0 Å². The molecule has 3 rings (SSSR count). The van der Waals surface area contributed by atoms with Crippen molar-refractivity contribution in [3.05, 3.63) is 69.7 Å². The summed E-state index contributed by atoms with van der Waals surface area (Å²) < 4.78 is 0. The number of hydrogen-bond acceptors (Lipinski definition) is 3. The summed E-state index contributed by atoms with van der Waals surface area (Å²) in [5.41, 5.74) is 0.662. The Bertz CT molecular complexity index is 1000. The van der Waals surface area contributed by atoms with E-state index in [0.717, 1.165) is 11.1 Å². The van der Waals surface area contributed by atoms with Crippen LogP contribution >= 0.6 is 23.2 Å². The Kier molecular flexibility index (Phi) is 7.77. The van der Waals surface area contributed by atoms with Crippen molar-refractivity contribution in [2.24, 2.45) is 11.3 Å². The fourth-order valence-electron chi connectivity index (χ4n) is 5.32. The molecule has 0 aromatic heterocycles. The number of benzene rings is 2. The minimum atomic E-state index is -1.14. The number of halogens is 2. The van der Waals surface area contributed by atoms with Crippen molar-refractivity contribution in [1.82, 2.24) is 4.90 Å². The molecule has 0 spiro atoms. The molecule has 1 fully saturated rings. The lowest BCUT2D eigenvalue weighted by atomic mass is 9.66. The number of likely N-dealkylation sites (tertiary alicyclic amines) is 1. The molecular weight excluding hydrogens is 461 g/mol. The predicted molar refractivity (Wildman–Crippen MR) is 131 cm³/mol. The normalized spacial score (nSPS) is 25.2. The van der Waals surface area contributed by atoms with Gasteiger partial charge in [0.1, 0.15) is 0 Å². The molecule has 1 aliphatic rings. The van der Waals surface area contributed by atoms with E-state index in [1.807, 2.05) is 44.2 Å². The van der Waals surface area contributed by atoms with Gasteiger partial charge in [-0.05, 0) is 54.7 Å². The summed E-state index contributed by atoms with van der Waals surface area (Å²) in [6, 6.07) is 13.9. The highest BCUT2D eigenvalue weighted by atomic mass is 35.5. The van der Waals surface area contributed by atoms with Crippen LogP contribution in [0.4, 0.5) is 0 Å². The van der Waals surface area contributed by atoms with Gasteiger partial charge in [0.05, 0.1) is 30.0 Å². The van der Waals surface area contributed by atoms with Crippen molar-refractivity contribution < 1.29 is 19.8 Å². The molecule has 5 nitrogen and oxygen atoms in total. The van der Waals surface area contributed by atoms with Crippen LogP contribution in [0.3, 0.4) is 0 Å². The van der Waals surface area contributed by atoms with E-state index in [1.54, 1.807) is 36.9 Å². The molecule has 5 unspecified atom stereocenters. The summed E-state index contributed by atoms with van der Waals surface area (Å²) in [7, 11) is 0. The van der Waals surface area contributed by atoms with Crippen molar-refractivity contribution in [2.75, 3.05) is 0 Å². The molecule has 2 N–H and O–H groups in total. The second-order valence-corrected chi connectivity index (χ2v) is 10.6. The molecule has 33 heavy (non-hydrogen) atoms. The first kappa shape index (κ1) is 25.5. The van der Waals surface area contributed by atoms with Crippen molar-refractivity contribution in [3.8, 4) is 0 Å². The second-order valence-electron chi connectivity index (χ2n) is 9.68. The van der Waals surface area contributed by atoms with E-state index >= 15 is 0 Å². The van der Waals surface area contributed by atoms with Crippen molar-refractivity contribution in [1.29, 1.82) is 0 Å². The molecule has 1 saturated heterocycles. The highest BCUT2D eigenvalue weighted by Crippen LogP contribution is 2.52. The standard InChI is InChI=1S/C26H31Cl2NO4/c1-15(2)23(16(3)30)29-24(17-8-10-19(27)11-9-17)21(18-6-5-7-20(28)12-18)13-26(4,25(29)33)14-22(31)32/h5-12,15-16,21,23-24,30H,13-14H2,1-4H3,(H,31,32). The van der Waals surface area contributed by atoms with E-state index in [0.29, 0.717) is 16.5 Å². The van der Waals surface area contributed by atoms with Gasteiger partial charge in [0.15, 0.2) is 0 Å². The number of aliphatic hydroxyl groups is 1. The average molecular weight is 492 g/mol. The van der Waals surface area contributed by atoms with Gasteiger partial charge in [0.25, 0.3) is 0 Å². The van der Waals surface area contributed by atoms with E-state index in [2.05, 4.69) is 0 Å². The number of hydrogen-bond donors (Lipinski definition) is 2. The van der Waals surface area contributed by atoms with Crippen LogP contribution in [0.2, 0.25) is 10.0 Å². The van der Waals surface area contributed by atoms with Crippen LogP contribution in [0.1, 0.15) is 63.6 Å². The number of aliphatic hydroxyl groups excluding tert-OH is 1. The molecule has 0 radical (unpaired) electrons. The van der Waals surface area contributed by atoms with E-state index in [9.17, 15) is 19.8 Å². The zero-order chi connectivity index (χ0) is 24.5. The Labute approximate surface area is 205 Å². The Morgan fingerprint density at radius 1 is 1.09 bits per heavy atom. The highest BCUT2D eigenvalue weighted by molar-refractivity contribution is 6.30. The number of aliphatic carboxylic acids is 1. The van der Waals surface area contributed by atoms with Crippen molar-refractivity contribution in [3.63, 3.8) is 0 Å². The Morgan fingerprint density at radius 3 is 2.24 bits per heavy atom. The van der Waals surface area contributed by atoms with Gasteiger partial charge in [-0.3, -0.25) is 9.59 Å². The molecule has 1 aliphatic heterocycles. The Balaban J connectivity index is 2.28. The smallest absolute Gasteiger partial charge is 0.304 e. The van der Waals surface area contributed by atoms with Gasteiger partial charge in [-0.15, -0.1) is 0 Å². The lowest BCUT2D eigenvalue weighted by Crippen LogP contribution is -2.59. The summed E-state index contributed by atoms with van der Waals surface area (Å²) in [5, 5.41) is 21.6. The maximum atomic E-state index is 14.0. The van der Waals surface area contributed by atoms with Crippen LogP contribution in [-0.4, -0.2) is 39.1 Å². The third-order valence-electron chi connectivity index (χ3n) is 6.63. The number of carbonyl (C=O) groups is 2. The number of amides is 1. The molecule has 5 atom stereocenters. The number of carbonyl (C=O) groups excluding carboxylic acids is 1. The Morgan fingerprint density at radius 2 is 1.73 bits per heavy atom. The van der Waals surface area contributed by atoms with Crippen LogP contribution in [0, 0.1) is 11.3 Å².